The van der Waals surface area contributed by atoms with Gasteiger partial charge in [-0.15, -0.1) is 0 Å². The van der Waals surface area contributed by atoms with Gasteiger partial charge in [0.2, 0.25) is 5.91 Å². The molecule has 1 atom stereocenters. The minimum absolute atomic E-state index is 0.00670. The number of halogens is 1. The van der Waals surface area contributed by atoms with E-state index in [9.17, 15) is 14.0 Å². The number of amides is 2. The van der Waals surface area contributed by atoms with Gasteiger partial charge in [-0.1, -0.05) is 6.07 Å². The molecule has 2 N–H and O–H groups in total. The standard InChI is InChI=1S/C22H22FN3O4/c23-14-2-5-18-20(8-14)29-11-16(9-21(27)24-15-3-4-15)26(18)10-13-1-6-19-17(7-13)25-22(28)12-30-19/h1-2,5-8,15-16H,3-4,9-12H2,(H,24,27)(H,25,28). The van der Waals surface area contributed by atoms with Gasteiger partial charge < -0.3 is 25.0 Å². The number of carbonyl (C=O) groups excluding carboxylic acids is 2. The van der Waals surface area contributed by atoms with Crippen molar-refractivity contribution in [3.05, 3.63) is 47.8 Å². The number of nitrogens with zero attached hydrogens (tertiary/aromatic N) is 1. The molecule has 1 aliphatic carbocycles. The van der Waals surface area contributed by atoms with Gasteiger partial charge in [-0.3, -0.25) is 9.59 Å². The van der Waals surface area contributed by atoms with Crippen LogP contribution in [0.3, 0.4) is 0 Å². The smallest absolute Gasteiger partial charge is 0.262 e. The number of hydrogen-bond donors (Lipinski definition) is 2. The average Bonchev–Trinajstić information content (AvgIpc) is 3.53. The van der Waals surface area contributed by atoms with E-state index in [0.29, 0.717) is 36.4 Å². The fraction of sp³-hybridized carbons (Fsp3) is 0.364. The maximum absolute atomic E-state index is 13.7. The lowest BCUT2D eigenvalue weighted by Crippen LogP contribution is -2.45. The number of benzene rings is 2. The van der Waals surface area contributed by atoms with E-state index in [1.807, 2.05) is 18.2 Å². The van der Waals surface area contributed by atoms with Crippen LogP contribution in [0.4, 0.5) is 15.8 Å². The lowest BCUT2D eigenvalue weighted by atomic mass is 10.1. The van der Waals surface area contributed by atoms with Crippen LogP contribution < -0.4 is 25.0 Å². The Labute approximate surface area is 173 Å². The predicted molar refractivity (Wildman–Crippen MR) is 108 cm³/mol. The van der Waals surface area contributed by atoms with Gasteiger partial charge in [0.25, 0.3) is 5.91 Å². The number of carbonyl (C=O) groups is 2. The zero-order valence-electron chi connectivity index (χ0n) is 16.3. The van der Waals surface area contributed by atoms with Gasteiger partial charge in [-0.25, -0.2) is 4.39 Å². The highest BCUT2D eigenvalue weighted by atomic mass is 19.1. The van der Waals surface area contributed by atoms with E-state index in [0.717, 1.165) is 24.1 Å². The first-order valence-corrected chi connectivity index (χ1v) is 10.1. The topological polar surface area (TPSA) is 79.9 Å². The molecule has 0 radical (unpaired) electrons. The second-order valence-electron chi connectivity index (χ2n) is 7.92. The molecule has 2 aromatic carbocycles. The first-order chi connectivity index (χ1) is 14.5. The molecule has 0 spiro atoms. The molecule has 2 amide bonds. The Morgan fingerprint density at radius 1 is 1.17 bits per heavy atom. The summed E-state index contributed by atoms with van der Waals surface area (Å²) in [6.07, 6.45) is 2.35. The molecule has 0 bridgehead atoms. The van der Waals surface area contributed by atoms with Crippen molar-refractivity contribution in [1.29, 1.82) is 0 Å². The number of nitrogens with one attached hydrogen (secondary N) is 2. The third-order valence-corrected chi connectivity index (χ3v) is 5.50. The molecule has 30 heavy (non-hydrogen) atoms. The van der Waals surface area contributed by atoms with Crippen molar-refractivity contribution < 1.29 is 23.5 Å². The van der Waals surface area contributed by atoms with E-state index in [1.54, 1.807) is 6.07 Å². The normalized spacial score (nSPS) is 19.7. The first-order valence-electron chi connectivity index (χ1n) is 10.1. The van der Waals surface area contributed by atoms with Gasteiger partial charge in [0.15, 0.2) is 6.61 Å². The van der Waals surface area contributed by atoms with Gasteiger partial charge in [0.05, 0.1) is 23.8 Å². The minimum Gasteiger partial charge on any atom is -0.489 e. The Kier molecular flexibility index (Phi) is 4.69. The molecular formula is C22H22FN3O4. The zero-order valence-corrected chi connectivity index (χ0v) is 16.3. The molecule has 156 valence electrons. The summed E-state index contributed by atoms with van der Waals surface area (Å²) in [6, 6.07) is 10.2. The predicted octanol–water partition coefficient (Wildman–Crippen LogP) is 2.59. The maximum atomic E-state index is 13.7. The maximum Gasteiger partial charge on any atom is 0.262 e. The largest absolute Gasteiger partial charge is 0.489 e. The Hall–Kier alpha value is -3.29. The van der Waals surface area contributed by atoms with Crippen molar-refractivity contribution >= 4 is 23.2 Å². The van der Waals surface area contributed by atoms with Crippen LogP contribution in [0, 0.1) is 5.82 Å². The highest BCUT2D eigenvalue weighted by Gasteiger charge is 2.32. The molecule has 8 heteroatoms. The van der Waals surface area contributed by atoms with Crippen molar-refractivity contribution in [3.63, 3.8) is 0 Å². The molecule has 0 saturated heterocycles. The van der Waals surface area contributed by atoms with Crippen LogP contribution in [0.1, 0.15) is 24.8 Å². The SMILES string of the molecule is O=C1COc2ccc(CN3c4ccc(F)cc4OCC3CC(=O)NC3CC3)cc2N1. The second-order valence-corrected chi connectivity index (χ2v) is 7.92. The van der Waals surface area contributed by atoms with Crippen LogP contribution in [0.15, 0.2) is 36.4 Å². The van der Waals surface area contributed by atoms with E-state index >= 15 is 0 Å². The molecule has 1 fully saturated rings. The molecule has 2 aliphatic heterocycles. The highest BCUT2D eigenvalue weighted by molar-refractivity contribution is 5.95. The van der Waals surface area contributed by atoms with Crippen molar-refractivity contribution in [2.24, 2.45) is 0 Å². The Morgan fingerprint density at radius 2 is 2.03 bits per heavy atom. The number of rotatable bonds is 5. The quantitative estimate of drug-likeness (QED) is 0.791. The van der Waals surface area contributed by atoms with Crippen LogP contribution in [-0.4, -0.2) is 37.1 Å². The molecule has 2 aromatic rings. The number of hydrogen-bond acceptors (Lipinski definition) is 5. The first kappa shape index (κ1) is 18.7. The molecule has 2 heterocycles. The van der Waals surface area contributed by atoms with Gasteiger partial charge in [-0.2, -0.15) is 0 Å². The highest BCUT2D eigenvalue weighted by Crippen LogP contribution is 2.37. The summed E-state index contributed by atoms with van der Waals surface area (Å²) in [7, 11) is 0. The molecule has 1 saturated carbocycles. The van der Waals surface area contributed by atoms with Gasteiger partial charge >= 0.3 is 0 Å². The van der Waals surface area contributed by atoms with E-state index in [1.165, 1.54) is 12.1 Å². The van der Waals surface area contributed by atoms with Gasteiger partial charge in [0.1, 0.15) is 23.9 Å². The summed E-state index contributed by atoms with van der Waals surface area (Å²) >= 11 is 0. The van der Waals surface area contributed by atoms with Gasteiger partial charge in [0, 0.05) is 18.7 Å². The summed E-state index contributed by atoms with van der Waals surface area (Å²) in [4.78, 5) is 26.1. The van der Waals surface area contributed by atoms with Crippen molar-refractivity contribution in [1.82, 2.24) is 5.32 Å². The summed E-state index contributed by atoms with van der Waals surface area (Å²) in [5.74, 6) is 0.521. The third-order valence-electron chi connectivity index (χ3n) is 5.50. The Morgan fingerprint density at radius 3 is 2.87 bits per heavy atom. The van der Waals surface area contributed by atoms with E-state index in [2.05, 4.69) is 15.5 Å². The Balaban J connectivity index is 1.41. The molecule has 3 aliphatic rings. The summed E-state index contributed by atoms with van der Waals surface area (Å²) in [6.45, 7) is 0.777. The molecule has 1 unspecified atom stereocenters. The molecule has 7 nitrogen and oxygen atoms in total. The number of fused-ring (bicyclic) bond motifs is 2. The number of ether oxygens (including phenoxy) is 2. The van der Waals surface area contributed by atoms with Crippen LogP contribution >= 0.6 is 0 Å². The fourth-order valence-electron chi connectivity index (χ4n) is 3.85. The van der Waals surface area contributed by atoms with Crippen LogP contribution in [0.5, 0.6) is 11.5 Å². The summed E-state index contributed by atoms with van der Waals surface area (Å²) < 4.78 is 24.9. The average molecular weight is 411 g/mol. The zero-order chi connectivity index (χ0) is 20.7. The fourth-order valence-corrected chi connectivity index (χ4v) is 3.85. The van der Waals surface area contributed by atoms with Crippen molar-refractivity contribution in [2.45, 2.75) is 37.9 Å². The second kappa shape index (κ2) is 7.51. The molecule has 0 aromatic heterocycles. The Bertz CT molecular complexity index is 1010. The lowest BCUT2D eigenvalue weighted by Gasteiger charge is -2.38. The molecular weight excluding hydrogens is 389 g/mol. The third kappa shape index (κ3) is 3.90. The van der Waals surface area contributed by atoms with E-state index in [-0.39, 0.29) is 36.7 Å². The van der Waals surface area contributed by atoms with E-state index in [4.69, 9.17) is 9.47 Å². The van der Waals surface area contributed by atoms with Crippen LogP contribution in [0.2, 0.25) is 0 Å². The monoisotopic (exact) mass is 411 g/mol. The summed E-state index contributed by atoms with van der Waals surface area (Å²) in [5.41, 5.74) is 2.30. The summed E-state index contributed by atoms with van der Waals surface area (Å²) in [5, 5.41) is 5.83. The van der Waals surface area contributed by atoms with Crippen molar-refractivity contribution in [2.75, 3.05) is 23.4 Å². The minimum atomic E-state index is -0.368. The van der Waals surface area contributed by atoms with Crippen LogP contribution in [-0.2, 0) is 16.1 Å². The molecule has 5 rings (SSSR count). The van der Waals surface area contributed by atoms with Gasteiger partial charge in [-0.05, 0) is 42.7 Å². The van der Waals surface area contributed by atoms with E-state index < -0.39 is 0 Å². The van der Waals surface area contributed by atoms with Crippen molar-refractivity contribution in [3.8, 4) is 11.5 Å². The lowest BCUT2D eigenvalue weighted by molar-refractivity contribution is -0.122. The number of anilines is 2. The van der Waals surface area contributed by atoms with Crippen LogP contribution in [0.25, 0.3) is 0 Å².